The van der Waals surface area contributed by atoms with Crippen LogP contribution in [0.25, 0.3) is 5.69 Å². The van der Waals surface area contributed by atoms with Crippen LogP contribution in [0.1, 0.15) is 63.4 Å². The SMILES string of the molecule is CCCCN1C(=O)[C@H]([C@@H](O)C(C)C)NC(=O)C12CCN(Cc1c(C)nn(-c3ccccc3)c1C)CC2. The molecule has 2 saturated heterocycles. The number of para-hydroxylation sites is 1. The number of hydrogen-bond donors (Lipinski definition) is 2. The summed E-state index contributed by atoms with van der Waals surface area (Å²) < 4.78 is 2.00. The first kappa shape index (κ1) is 26.4. The molecule has 1 spiro atoms. The lowest BCUT2D eigenvalue weighted by molar-refractivity contribution is -0.165. The van der Waals surface area contributed by atoms with Crippen molar-refractivity contribution in [3.63, 3.8) is 0 Å². The summed E-state index contributed by atoms with van der Waals surface area (Å²) in [6.45, 7) is 12.7. The molecule has 2 aromatic rings. The van der Waals surface area contributed by atoms with Crippen molar-refractivity contribution in [3.8, 4) is 5.69 Å². The number of unbranched alkanes of at least 4 members (excludes halogenated alkanes) is 1. The summed E-state index contributed by atoms with van der Waals surface area (Å²) in [6, 6.07) is 9.28. The van der Waals surface area contributed by atoms with Crippen molar-refractivity contribution in [1.29, 1.82) is 0 Å². The average molecular weight is 496 g/mol. The van der Waals surface area contributed by atoms with Crippen molar-refractivity contribution in [1.82, 2.24) is 24.9 Å². The number of piperazine rings is 1. The number of nitrogens with zero attached hydrogens (tertiary/aromatic N) is 4. The molecular weight excluding hydrogens is 454 g/mol. The van der Waals surface area contributed by atoms with Crippen LogP contribution in [0.2, 0.25) is 0 Å². The van der Waals surface area contributed by atoms with Crippen LogP contribution in [0, 0.1) is 19.8 Å². The molecule has 2 aliphatic heterocycles. The number of likely N-dealkylation sites (tertiary alicyclic amines) is 1. The highest BCUT2D eigenvalue weighted by Crippen LogP contribution is 2.35. The number of benzene rings is 1. The van der Waals surface area contributed by atoms with Crippen LogP contribution in [0.4, 0.5) is 0 Å². The smallest absolute Gasteiger partial charge is 0.248 e. The second-order valence-electron chi connectivity index (χ2n) is 10.7. The number of piperidine rings is 1. The molecule has 8 heteroatoms. The number of carbonyl (C=O) groups excluding carboxylic acids is 2. The maximum absolute atomic E-state index is 13.5. The van der Waals surface area contributed by atoms with Crippen molar-refractivity contribution >= 4 is 11.8 Å². The molecule has 196 valence electrons. The topological polar surface area (TPSA) is 90.7 Å². The summed E-state index contributed by atoms with van der Waals surface area (Å²) in [4.78, 5) is 31.2. The first-order chi connectivity index (χ1) is 17.2. The number of aromatic nitrogens is 2. The van der Waals surface area contributed by atoms with E-state index in [2.05, 4.69) is 36.2 Å². The largest absolute Gasteiger partial charge is 0.390 e. The van der Waals surface area contributed by atoms with E-state index in [1.165, 1.54) is 5.56 Å². The van der Waals surface area contributed by atoms with Crippen LogP contribution in [-0.4, -0.2) is 73.8 Å². The van der Waals surface area contributed by atoms with E-state index in [-0.39, 0.29) is 17.7 Å². The third kappa shape index (κ3) is 4.81. The van der Waals surface area contributed by atoms with Gasteiger partial charge in [-0.2, -0.15) is 5.10 Å². The summed E-state index contributed by atoms with van der Waals surface area (Å²) in [5.41, 5.74) is 3.55. The zero-order valence-corrected chi connectivity index (χ0v) is 22.3. The molecule has 2 fully saturated rings. The average Bonchev–Trinajstić information content (AvgIpc) is 3.15. The molecular formula is C28H41N5O3. The van der Waals surface area contributed by atoms with E-state index < -0.39 is 17.7 Å². The Hall–Kier alpha value is -2.71. The van der Waals surface area contributed by atoms with Crippen molar-refractivity contribution in [2.75, 3.05) is 19.6 Å². The van der Waals surface area contributed by atoms with Crippen molar-refractivity contribution in [2.24, 2.45) is 5.92 Å². The van der Waals surface area contributed by atoms with Crippen LogP contribution < -0.4 is 5.32 Å². The van der Waals surface area contributed by atoms with Gasteiger partial charge in [0.25, 0.3) is 0 Å². The molecule has 2 atom stereocenters. The lowest BCUT2D eigenvalue weighted by atomic mass is 9.80. The fourth-order valence-electron chi connectivity index (χ4n) is 5.62. The van der Waals surface area contributed by atoms with Gasteiger partial charge >= 0.3 is 0 Å². The Kier molecular flexibility index (Phi) is 7.85. The maximum atomic E-state index is 13.5. The molecule has 0 saturated carbocycles. The number of rotatable bonds is 8. The van der Waals surface area contributed by atoms with Crippen LogP contribution in [-0.2, 0) is 16.1 Å². The van der Waals surface area contributed by atoms with Gasteiger partial charge in [0, 0.05) is 37.4 Å². The number of amides is 2. The van der Waals surface area contributed by atoms with Gasteiger partial charge < -0.3 is 15.3 Å². The molecule has 2 N–H and O–H groups in total. The molecule has 0 aliphatic carbocycles. The number of carbonyl (C=O) groups is 2. The molecule has 36 heavy (non-hydrogen) atoms. The Balaban J connectivity index is 1.51. The Labute approximate surface area is 214 Å². The first-order valence-corrected chi connectivity index (χ1v) is 13.3. The molecule has 3 heterocycles. The minimum absolute atomic E-state index is 0.119. The second-order valence-corrected chi connectivity index (χ2v) is 10.7. The Morgan fingerprint density at radius 1 is 1.14 bits per heavy atom. The lowest BCUT2D eigenvalue weighted by Crippen LogP contribution is -2.74. The first-order valence-electron chi connectivity index (χ1n) is 13.3. The van der Waals surface area contributed by atoms with Crippen molar-refractivity contribution in [2.45, 2.75) is 84.5 Å². The zero-order valence-electron chi connectivity index (χ0n) is 22.3. The Morgan fingerprint density at radius 3 is 2.42 bits per heavy atom. The van der Waals surface area contributed by atoms with Gasteiger partial charge in [0.05, 0.1) is 17.5 Å². The molecule has 2 aliphatic rings. The normalized spacial score (nSPS) is 21.3. The maximum Gasteiger partial charge on any atom is 0.248 e. The highest BCUT2D eigenvalue weighted by molar-refractivity contribution is 6.00. The molecule has 1 aromatic heterocycles. The zero-order chi connectivity index (χ0) is 26.0. The lowest BCUT2D eigenvalue weighted by Gasteiger charge is -2.52. The molecule has 4 rings (SSSR count). The minimum atomic E-state index is -0.893. The summed E-state index contributed by atoms with van der Waals surface area (Å²) in [5.74, 6) is -0.383. The number of aliphatic hydroxyl groups is 1. The fourth-order valence-corrected chi connectivity index (χ4v) is 5.62. The number of nitrogens with one attached hydrogen (secondary N) is 1. The molecule has 1 aromatic carbocycles. The summed E-state index contributed by atoms with van der Waals surface area (Å²) in [5, 5.41) is 18.3. The van der Waals surface area contributed by atoms with Crippen LogP contribution in [0.3, 0.4) is 0 Å². The Morgan fingerprint density at radius 2 is 1.81 bits per heavy atom. The standard InChI is InChI=1S/C28H41N5O3/c1-6-7-15-32-26(35)24(25(34)19(2)3)29-27(36)28(32)13-16-31(17-14-28)18-23-20(4)30-33(21(23)5)22-11-9-8-10-12-22/h8-12,19,24-25,34H,6-7,13-18H2,1-5H3,(H,29,36)/t24-,25-/m0/s1. The number of aliphatic hydroxyl groups excluding tert-OH is 1. The van der Waals surface area contributed by atoms with Crippen LogP contribution >= 0.6 is 0 Å². The van der Waals surface area contributed by atoms with E-state index >= 15 is 0 Å². The molecule has 0 radical (unpaired) electrons. The van der Waals surface area contributed by atoms with Gasteiger partial charge in [-0.05, 0) is 51.2 Å². The molecule has 0 bridgehead atoms. The predicted octanol–water partition coefficient (Wildman–Crippen LogP) is 2.97. The van der Waals surface area contributed by atoms with Crippen LogP contribution in [0.15, 0.2) is 30.3 Å². The van der Waals surface area contributed by atoms with E-state index in [4.69, 9.17) is 5.10 Å². The van der Waals surface area contributed by atoms with Gasteiger partial charge in [0.1, 0.15) is 11.6 Å². The van der Waals surface area contributed by atoms with E-state index in [1.54, 1.807) is 4.90 Å². The van der Waals surface area contributed by atoms with Gasteiger partial charge in [-0.15, -0.1) is 0 Å². The van der Waals surface area contributed by atoms with Gasteiger partial charge in [-0.25, -0.2) is 4.68 Å². The van der Waals surface area contributed by atoms with E-state index in [9.17, 15) is 14.7 Å². The monoisotopic (exact) mass is 495 g/mol. The molecule has 0 unspecified atom stereocenters. The third-order valence-corrected chi connectivity index (χ3v) is 8.02. The van der Waals surface area contributed by atoms with E-state index in [0.717, 1.165) is 49.6 Å². The highest BCUT2D eigenvalue weighted by Gasteiger charge is 2.54. The second kappa shape index (κ2) is 10.7. The highest BCUT2D eigenvalue weighted by atomic mass is 16.3. The van der Waals surface area contributed by atoms with Gasteiger partial charge in [-0.1, -0.05) is 45.4 Å². The summed E-state index contributed by atoms with van der Waals surface area (Å²) >= 11 is 0. The summed E-state index contributed by atoms with van der Waals surface area (Å²) in [6.07, 6.45) is 2.06. The van der Waals surface area contributed by atoms with Crippen molar-refractivity contribution < 1.29 is 14.7 Å². The summed E-state index contributed by atoms with van der Waals surface area (Å²) in [7, 11) is 0. The predicted molar refractivity (Wildman–Crippen MR) is 140 cm³/mol. The van der Waals surface area contributed by atoms with E-state index in [1.807, 2.05) is 43.7 Å². The number of hydrogen-bond acceptors (Lipinski definition) is 5. The van der Waals surface area contributed by atoms with E-state index in [0.29, 0.717) is 19.4 Å². The van der Waals surface area contributed by atoms with Crippen LogP contribution in [0.5, 0.6) is 0 Å². The molecule has 2 amide bonds. The quantitative estimate of drug-likeness (QED) is 0.588. The number of aryl methyl sites for hydroxylation is 1. The van der Waals surface area contributed by atoms with Gasteiger partial charge in [-0.3, -0.25) is 14.5 Å². The minimum Gasteiger partial charge on any atom is -0.390 e. The third-order valence-electron chi connectivity index (χ3n) is 8.02. The van der Waals surface area contributed by atoms with Gasteiger partial charge in [0.15, 0.2) is 0 Å². The van der Waals surface area contributed by atoms with Gasteiger partial charge in [0.2, 0.25) is 11.8 Å². The van der Waals surface area contributed by atoms with Crippen molar-refractivity contribution in [3.05, 3.63) is 47.3 Å². The molecule has 8 nitrogen and oxygen atoms in total. The fraction of sp³-hybridized carbons (Fsp3) is 0.607. The Bertz CT molecular complexity index is 1070.